The average molecular weight is 444 g/mol. The van der Waals surface area contributed by atoms with Crippen LogP contribution in [-0.2, 0) is 19.1 Å². The maximum Gasteiger partial charge on any atom is 0.311 e. The molecule has 3 aromatic carbocycles. The molecule has 1 atom stereocenters. The van der Waals surface area contributed by atoms with Crippen LogP contribution in [0.2, 0.25) is 0 Å². The summed E-state index contributed by atoms with van der Waals surface area (Å²) in [6.07, 6.45) is 0.0667. The SMILES string of the molecule is Cc1ccc(N2C[C@@H](C(=O)OCC(=O)Nc3ccc(Oc4ccccc4)cc3)CC2=O)cc1. The predicted molar refractivity (Wildman–Crippen MR) is 124 cm³/mol. The summed E-state index contributed by atoms with van der Waals surface area (Å²) < 4.78 is 10.9. The molecule has 0 radical (unpaired) electrons. The van der Waals surface area contributed by atoms with Crippen LogP contribution in [0.1, 0.15) is 12.0 Å². The van der Waals surface area contributed by atoms with E-state index in [0.717, 1.165) is 11.3 Å². The Balaban J connectivity index is 1.24. The summed E-state index contributed by atoms with van der Waals surface area (Å²) in [5, 5.41) is 2.68. The molecule has 4 rings (SSSR count). The molecule has 0 spiro atoms. The highest BCUT2D eigenvalue weighted by Crippen LogP contribution is 2.26. The van der Waals surface area contributed by atoms with Gasteiger partial charge in [0.25, 0.3) is 5.91 Å². The van der Waals surface area contributed by atoms with E-state index in [1.54, 1.807) is 29.2 Å². The lowest BCUT2D eigenvalue weighted by Gasteiger charge is -2.16. The topological polar surface area (TPSA) is 84.9 Å². The fraction of sp³-hybridized carbons (Fsp3) is 0.192. The van der Waals surface area contributed by atoms with Gasteiger partial charge in [-0.3, -0.25) is 14.4 Å². The van der Waals surface area contributed by atoms with E-state index >= 15 is 0 Å². The molecule has 1 aliphatic heterocycles. The largest absolute Gasteiger partial charge is 0.457 e. The number of aryl methyl sites for hydroxylation is 1. The van der Waals surface area contributed by atoms with Crippen LogP contribution in [0.4, 0.5) is 11.4 Å². The number of benzene rings is 3. The zero-order chi connectivity index (χ0) is 23.2. The lowest BCUT2D eigenvalue weighted by Crippen LogP contribution is -2.28. The van der Waals surface area contributed by atoms with Gasteiger partial charge in [0.15, 0.2) is 6.61 Å². The minimum atomic E-state index is -0.596. The molecule has 1 fully saturated rings. The van der Waals surface area contributed by atoms with Gasteiger partial charge in [-0.1, -0.05) is 35.9 Å². The van der Waals surface area contributed by atoms with Crippen LogP contribution in [-0.4, -0.2) is 30.9 Å². The van der Waals surface area contributed by atoms with E-state index in [9.17, 15) is 14.4 Å². The summed E-state index contributed by atoms with van der Waals surface area (Å²) in [5.41, 5.74) is 2.39. The predicted octanol–water partition coefficient (Wildman–Crippen LogP) is 4.32. The molecule has 33 heavy (non-hydrogen) atoms. The van der Waals surface area contributed by atoms with Crippen LogP contribution in [0.3, 0.4) is 0 Å². The third-order valence-corrected chi connectivity index (χ3v) is 5.27. The highest BCUT2D eigenvalue weighted by molar-refractivity contribution is 6.00. The Morgan fingerprint density at radius 2 is 1.61 bits per heavy atom. The zero-order valence-electron chi connectivity index (χ0n) is 18.2. The molecule has 7 heteroatoms. The summed E-state index contributed by atoms with van der Waals surface area (Å²) in [6, 6.07) is 23.8. The lowest BCUT2D eigenvalue weighted by molar-refractivity contribution is -0.151. The number of rotatable bonds is 7. The number of ether oxygens (including phenoxy) is 2. The van der Waals surface area contributed by atoms with Gasteiger partial charge in [0.2, 0.25) is 5.91 Å². The Kier molecular flexibility index (Phi) is 6.69. The van der Waals surface area contributed by atoms with E-state index < -0.39 is 24.4 Å². The number of anilines is 2. The van der Waals surface area contributed by atoms with E-state index in [0.29, 0.717) is 17.2 Å². The van der Waals surface area contributed by atoms with E-state index in [1.165, 1.54) is 0 Å². The summed E-state index contributed by atoms with van der Waals surface area (Å²) in [7, 11) is 0. The van der Waals surface area contributed by atoms with Crippen molar-refractivity contribution in [2.45, 2.75) is 13.3 Å². The van der Waals surface area contributed by atoms with Crippen molar-refractivity contribution in [3.05, 3.63) is 84.4 Å². The standard InChI is InChI=1S/C26H24N2O5/c1-18-7-11-21(12-8-18)28-16-19(15-25(28)30)26(31)32-17-24(29)27-20-9-13-23(14-10-20)33-22-5-3-2-4-6-22/h2-14,19H,15-17H2,1H3,(H,27,29)/t19-/m0/s1. The van der Waals surface area contributed by atoms with Crippen molar-refractivity contribution in [2.75, 3.05) is 23.4 Å². The maximum absolute atomic E-state index is 12.4. The van der Waals surface area contributed by atoms with Crippen LogP contribution in [0.25, 0.3) is 0 Å². The van der Waals surface area contributed by atoms with Gasteiger partial charge in [-0.25, -0.2) is 0 Å². The van der Waals surface area contributed by atoms with Crippen molar-refractivity contribution >= 4 is 29.2 Å². The van der Waals surface area contributed by atoms with Crippen LogP contribution < -0.4 is 15.0 Å². The molecule has 168 valence electrons. The Morgan fingerprint density at radius 1 is 0.939 bits per heavy atom. The summed E-state index contributed by atoms with van der Waals surface area (Å²) >= 11 is 0. The first-order chi connectivity index (χ1) is 16.0. The molecule has 0 aromatic heterocycles. The third kappa shape index (κ3) is 5.77. The molecule has 2 amide bonds. The number of hydrogen-bond donors (Lipinski definition) is 1. The number of nitrogens with zero attached hydrogens (tertiary/aromatic N) is 1. The molecular weight excluding hydrogens is 420 g/mol. The van der Waals surface area contributed by atoms with E-state index in [4.69, 9.17) is 9.47 Å². The van der Waals surface area contributed by atoms with Gasteiger partial charge in [0, 0.05) is 24.3 Å². The smallest absolute Gasteiger partial charge is 0.311 e. The van der Waals surface area contributed by atoms with E-state index in [1.807, 2.05) is 61.5 Å². The molecule has 3 aromatic rings. The molecule has 1 aliphatic rings. The van der Waals surface area contributed by atoms with Gasteiger partial charge in [0.1, 0.15) is 11.5 Å². The highest BCUT2D eigenvalue weighted by Gasteiger charge is 2.36. The van der Waals surface area contributed by atoms with Crippen molar-refractivity contribution < 1.29 is 23.9 Å². The molecule has 0 bridgehead atoms. The first kappa shape index (κ1) is 22.1. The molecule has 1 N–H and O–H groups in total. The van der Waals surface area contributed by atoms with Gasteiger partial charge in [-0.2, -0.15) is 0 Å². The second kappa shape index (κ2) is 9.99. The third-order valence-electron chi connectivity index (χ3n) is 5.27. The van der Waals surface area contributed by atoms with Crippen molar-refractivity contribution in [3.63, 3.8) is 0 Å². The number of para-hydroxylation sites is 1. The number of esters is 1. The monoisotopic (exact) mass is 444 g/mol. The minimum absolute atomic E-state index is 0.0667. The number of hydrogen-bond acceptors (Lipinski definition) is 5. The summed E-state index contributed by atoms with van der Waals surface area (Å²) in [4.78, 5) is 38.5. The van der Waals surface area contributed by atoms with Crippen molar-refractivity contribution in [3.8, 4) is 11.5 Å². The first-order valence-electron chi connectivity index (χ1n) is 10.6. The Bertz CT molecular complexity index is 1130. The molecule has 0 saturated carbocycles. The van der Waals surface area contributed by atoms with Crippen LogP contribution in [0.15, 0.2) is 78.9 Å². The number of carbonyl (C=O) groups is 3. The average Bonchev–Trinajstić information content (AvgIpc) is 3.21. The fourth-order valence-electron chi connectivity index (χ4n) is 3.52. The molecule has 1 saturated heterocycles. The second-order valence-electron chi connectivity index (χ2n) is 7.84. The number of carbonyl (C=O) groups excluding carboxylic acids is 3. The van der Waals surface area contributed by atoms with Gasteiger partial charge < -0.3 is 19.7 Å². The highest BCUT2D eigenvalue weighted by atomic mass is 16.5. The van der Waals surface area contributed by atoms with Crippen molar-refractivity contribution in [1.29, 1.82) is 0 Å². The minimum Gasteiger partial charge on any atom is -0.457 e. The lowest BCUT2D eigenvalue weighted by atomic mass is 10.1. The van der Waals surface area contributed by atoms with Crippen LogP contribution in [0.5, 0.6) is 11.5 Å². The summed E-state index contributed by atoms with van der Waals surface area (Å²) in [6.45, 7) is 1.79. The van der Waals surface area contributed by atoms with Crippen LogP contribution >= 0.6 is 0 Å². The zero-order valence-corrected chi connectivity index (χ0v) is 18.2. The molecular formula is C26H24N2O5. The number of nitrogens with one attached hydrogen (secondary N) is 1. The van der Waals surface area contributed by atoms with Crippen molar-refractivity contribution in [1.82, 2.24) is 0 Å². The van der Waals surface area contributed by atoms with E-state index in [2.05, 4.69) is 5.32 Å². The number of amides is 2. The van der Waals surface area contributed by atoms with Gasteiger partial charge >= 0.3 is 5.97 Å². The van der Waals surface area contributed by atoms with Crippen molar-refractivity contribution in [2.24, 2.45) is 5.92 Å². The van der Waals surface area contributed by atoms with Gasteiger partial charge in [-0.05, 0) is 55.5 Å². The Morgan fingerprint density at radius 3 is 2.30 bits per heavy atom. The molecule has 1 heterocycles. The first-order valence-corrected chi connectivity index (χ1v) is 10.6. The molecule has 0 aliphatic carbocycles. The quantitative estimate of drug-likeness (QED) is 0.549. The maximum atomic E-state index is 12.4. The second-order valence-corrected chi connectivity index (χ2v) is 7.84. The Hall–Kier alpha value is -4.13. The van der Waals surface area contributed by atoms with E-state index in [-0.39, 0.29) is 18.9 Å². The Labute approximate surface area is 191 Å². The summed E-state index contributed by atoms with van der Waals surface area (Å²) in [5.74, 6) is -0.397. The fourth-order valence-corrected chi connectivity index (χ4v) is 3.52. The van der Waals surface area contributed by atoms with Crippen LogP contribution in [0, 0.1) is 12.8 Å². The molecule has 0 unspecified atom stereocenters. The van der Waals surface area contributed by atoms with Gasteiger partial charge in [0.05, 0.1) is 5.92 Å². The normalized spacial score (nSPS) is 15.2. The molecule has 7 nitrogen and oxygen atoms in total. The van der Waals surface area contributed by atoms with Gasteiger partial charge in [-0.15, -0.1) is 0 Å².